The average molecular weight is 285 g/mol. The Labute approximate surface area is 118 Å². The number of aliphatic hydroxyl groups is 1. The fourth-order valence-electron chi connectivity index (χ4n) is 2.88. The summed E-state index contributed by atoms with van der Waals surface area (Å²) in [6.07, 6.45) is 6.83. The highest BCUT2D eigenvalue weighted by Crippen LogP contribution is 2.41. The summed E-state index contributed by atoms with van der Waals surface area (Å²) in [5, 5.41) is 11.2. The smallest absolute Gasteiger partial charge is 0.129 e. The van der Waals surface area contributed by atoms with Gasteiger partial charge < -0.3 is 15.6 Å². The Kier molecular flexibility index (Phi) is 4.66. The Bertz CT molecular complexity index is 431. The molecule has 0 aliphatic heterocycles. The van der Waals surface area contributed by atoms with E-state index in [-0.39, 0.29) is 0 Å². The van der Waals surface area contributed by atoms with E-state index in [0.717, 1.165) is 25.7 Å². The van der Waals surface area contributed by atoms with Crippen LogP contribution in [0, 0.1) is 0 Å². The van der Waals surface area contributed by atoms with Crippen molar-refractivity contribution in [1.29, 1.82) is 0 Å². The van der Waals surface area contributed by atoms with E-state index in [9.17, 15) is 5.11 Å². The average Bonchev–Trinajstić information content (AvgIpc) is 2.67. The molecule has 0 radical (unpaired) electrons. The summed E-state index contributed by atoms with van der Waals surface area (Å²) in [6, 6.07) is 1.68. The molecule has 4 nitrogen and oxygen atoms in total. The molecule has 1 aromatic rings. The highest BCUT2D eigenvalue weighted by atomic mass is 35.5. The Balaban J connectivity index is 2.33. The molecule has 1 aromatic heterocycles. The van der Waals surface area contributed by atoms with E-state index in [2.05, 4.69) is 4.98 Å². The van der Waals surface area contributed by atoms with E-state index < -0.39 is 11.7 Å². The van der Waals surface area contributed by atoms with Crippen LogP contribution in [0.2, 0.25) is 5.02 Å². The molecule has 106 valence electrons. The topological polar surface area (TPSA) is 68.4 Å². The van der Waals surface area contributed by atoms with Crippen molar-refractivity contribution in [3.8, 4) is 0 Å². The van der Waals surface area contributed by atoms with Crippen molar-refractivity contribution in [2.24, 2.45) is 0 Å². The van der Waals surface area contributed by atoms with Gasteiger partial charge in [0, 0.05) is 18.9 Å². The van der Waals surface area contributed by atoms with E-state index in [1.165, 1.54) is 19.0 Å². The van der Waals surface area contributed by atoms with E-state index in [1.807, 2.05) is 0 Å². The van der Waals surface area contributed by atoms with Crippen LogP contribution in [0.1, 0.15) is 50.2 Å². The number of methoxy groups -OCH3 is 1. The van der Waals surface area contributed by atoms with Gasteiger partial charge in [0.15, 0.2) is 0 Å². The summed E-state index contributed by atoms with van der Waals surface area (Å²) in [7, 11) is 1.66. The molecular formula is C14H21ClN2O2. The first-order valence-electron chi connectivity index (χ1n) is 6.73. The number of ether oxygens (including phenoxy) is 1. The number of hydrogen-bond donors (Lipinski definition) is 2. The number of nitrogen functional groups attached to an aromatic ring is 1. The van der Waals surface area contributed by atoms with Gasteiger partial charge in [0.1, 0.15) is 11.9 Å². The fourth-order valence-corrected chi connectivity index (χ4v) is 3.05. The largest absolute Gasteiger partial charge is 0.385 e. The van der Waals surface area contributed by atoms with Crippen molar-refractivity contribution >= 4 is 17.4 Å². The first-order chi connectivity index (χ1) is 9.09. The highest BCUT2D eigenvalue weighted by molar-refractivity contribution is 6.30. The monoisotopic (exact) mass is 284 g/mol. The van der Waals surface area contributed by atoms with Gasteiger partial charge in [-0.25, -0.2) is 4.98 Å². The van der Waals surface area contributed by atoms with E-state index in [4.69, 9.17) is 22.1 Å². The van der Waals surface area contributed by atoms with Gasteiger partial charge in [-0.05, 0) is 18.9 Å². The third-order valence-corrected chi connectivity index (χ3v) is 4.27. The molecule has 1 heterocycles. The van der Waals surface area contributed by atoms with Crippen LogP contribution >= 0.6 is 11.6 Å². The minimum absolute atomic E-state index is 0.317. The highest BCUT2D eigenvalue weighted by Gasteiger charge is 2.40. The second-order valence-corrected chi connectivity index (χ2v) is 5.65. The lowest BCUT2D eigenvalue weighted by molar-refractivity contribution is -0.113. The van der Waals surface area contributed by atoms with Gasteiger partial charge in [-0.2, -0.15) is 0 Å². The number of aromatic nitrogens is 1. The van der Waals surface area contributed by atoms with Gasteiger partial charge >= 0.3 is 0 Å². The molecule has 1 fully saturated rings. The van der Waals surface area contributed by atoms with Gasteiger partial charge in [-0.1, -0.05) is 37.3 Å². The minimum Gasteiger partial charge on any atom is -0.385 e. The Hall–Kier alpha value is -0.840. The lowest BCUT2D eigenvalue weighted by atomic mass is 9.84. The number of nitrogens with two attached hydrogens (primary N) is 1. The molecule has 1 aliphatic rings. The minimum atomic E-state index is -0.790. The van der Waals surface area contributed by atoms with Crippen molar-refractivity contribution < 1.29 is 9.84 Å². The molecule has 0 saturated heterocycles. The number of rotatable bonds is 3. The summed E-state index contributed by atoms with van der Waals surface area (Å²) < 4.78 is 5.69. The molecule has 0 spiro atoms. The molecule has 0 aromatic carbocycles. The molecule has 0 bridgehead atoms. The molecule has 3 N–H and O–H groups in total. The molecule has 1 unspecified atom stereocenters. The second-order valence-electron chi connectivity index (χ2n) is 5.21. The number of anilines is 1. The zero-order valence-corrected chi connectivity index (χ0v) is 12.0. The molecule has 5 heteroatoms. The van der Waals surface area contributed by atoms with E-state index in [0.29, 0.717) is 16.4 Å². The summed E-state index contributed by atoms with van der Waals surface area (Å²) in [5.41, 5.74) is 5.86. The van der Waals surface area contributed by atoms with Crippen molar-refractivity contribution in [2.75, 3.05) is 12.8 Å². The number of aliphatic hydroxyl groups excluding tert-OH is 1. The van der Waals surface area contributed by atoms with Crippen molar-refractivity contribution in [3.63, 3.8) is 0 Å². The molecule has 0 amide bonds. The molecule has 1 aliphatic carbocycles. The first-order valence-corrected chi connectivity index (χ1v) is 7.11. The molecule has 2 rings (SSSR count). The van der Waals surface area contributed by atoms with Gasteiger partial charge in [0.25, 0.3) is 0 Å². The third-order valence-electron chi connectivity index (χ3n) is 4.07. The van der Waals surface area contributed by atoms with Crippen LogP contribution in [0.3, 0.4) is 0 Å². The van der Waals surface area contributed by atoms with Crippen LogP contribution in [0.25, 0.3) is 0 Å². The maximum Gasteiger partial charge on any atom is 0.129 e. The van der Waals surface area contributed by atoms with Crippen LogP contribution < -0.4 is 5.73 Å². The Morgan fingerprint density at radius 3 is 2.58 bits per heavy atom. The molecular weight excluding hydrogens is 264 g/mol. The molecule has 1 saturated carbocycles. The van der Waals surface area contributed by atoms with Crippen LogP contribution in [-0.2, 0) is 4.74 Å². The van der Waals surface area contributed by atoms with Crippen molar-refractivity contribution in [3.05, 3.63) is 22.8 Å². The predicted molar refractivity (Wildman–Crippen MR) is 76.1 cm³/mol. The van der Waals surface area contributed by atoms with Crippen LogP contribution in [0.15, 0.2) is 12.3 Å². The maximum atomic E-state index is 10.7. The van der Waals surface area contributed by atoms with E-state index >= 15 is 0 Å². The van der Waals surface area contributed by atoms with Gasteiger partial charge in [0.05, 0.1) is 10.6 Å². The van der Waals surface area contributed by atoms with Crippen LogP contribution in [-0.4, -0.2) is 22.8 Å². The van der Waals surface area contributed by atoms with Gasteiger partial charge in [-0.3, -0.25) is 0 Å². The predicted octanol–water partition coefficient (Wildman–Crippen LogP) is 3.09. The van der Waals surface area contributed by atoms with Crippen LogP contribution in [0.5, 0.6) is 0 Å². The quantitative estimate of drug-likeness (QED) is 0.837. The fraction of sp³-hybridized carbons (Fsp3) is 0.643. The zero-order valence-electron chi connectivity index (χ0n) is 11.2. The SMILES string of the molecule is COC1(C(O)c2cc(Cl)cnc2N)CCCCCC1. The lowest BCUT2D eigenvalue weighted by Gasteiger charge is -2.36. The Morgan fingerprint density at radius 1 is 1.37 bits per heavy atom. The van der Waals surface area contributed by atoms with Crippen molar-refractivity contribution in [2.45, 2.75) is 50.2 Å². The van der Waals surface area contributed by atoms with Crippen LogP contribution in [0.4, 0.5) is 5.82 Å². The third kappa shape index (κ3) is 3.02. The zero-order chi connectivity index (χ0) is 13.9. The Morgan fingerprint density at radius 2 is 2.00 bits per heavy atom. The number of pyridine rings is 1. The summed E-state index contributed by atoms with van der Waals surface area (Å²) >= 11 is 5.95. The second kappa shape index (κ2) is 6.07. The summed E-state index contributed by atoms with van der Waals surface area (Å²) in [4.78, 5) is 4.01. The number of nitrogens with zero attached hydrogens (tertiary/aromatic N) is 1. The maximum absolute atomic E-state index is 10.7. The van der Waals surface area contributed by atoms with Gasteiger partial charge in [-0.15, -0.1) is 0 Å². The summed E-state index contributed by atoms with van der Waals surface area (Å²) in [5.74, 6) is 0.317. The summed E-state index contributed by atoms with van der Waals surface area (Å²) in [6.45, 7) is 0. The van der Waals surface area contributed by atoms with Crippen molar-refractivity contribution in [1.82, 2.24) is 4.98 Å². The first kappa shape index (κ1) is 14.6. The van der Waals surface area contributed by atoms with E-state index in [1.54, 1.807) is 13.2 Å². The number of hydrogen-bond acceptors (Lipinski definition) is 4. The molecule has 19 heavy (non-hydrogen) atoms. The number of halogens is 1. The lowest BCUT2D eigenvalue weighted by Crippen LogP contribution is -2.38. The normalized spacial score (nSPS) is 20.8. The standard InChI is InChI=1S/C14H21ClN2O2/c1-19-14(6-4-2-3-5-7-14)12(18)11-8-10(15)9-17-13(11)16/h8-9,12,18H,2-7H2,1H3,(H2,16,17). The van der Waals surface area contributed by atoms with Gasteiger partial charge in [0.2, 0.25) is 0 Å². The molecule has 1 atom stereocenters.